The molecule has 0 heterocycles. The van der Waals surface area contributed by atoms with E-state index in [-0.39, 0.29) is 5.54 Å². The molecule has 0 amide bonds. The molecule has 0 aromatic heterocycles. The lowest BCUT2D eigenvalue weighted by Gasteiger charge is -2.45. The van der Waals surface area contributed by atoms with Crippen molar-refractivity contribution in [3.63, 3.8) is 0 Å². The molecule has 0 aromatic carbocycles. The highest BCUT2D eigenvalue weighted by Gasteiger charge is 2.39. The molecule has 0 saturated heterocycles. The molecule has 0 spiro atoms. The van der Waals surface area contributed by atoms with Crippen molar-refractivity contribution < 1.29 is 0 Å². The molecule has 2 aliphatic carbocycles. The second kappa shape index (κ2) is 5.08. The molecule has 0 aromatic rings. The molecular weight excluding hydrogens is 194 g/mol. The molecule has 2 fully saturated rings. The predicted octanol–water partition coefficient (Wildman–Crippen LogP) is 4.11. The molecule has 0 bridgehead atoms. The summed E-state index contributed by atoms with van der Waals surface area (Å²) in [4.78, 5) is 0. The Hall–Kier alpha value is -0.0400. The summed E-state index contributed by atoms with van der Waals surface area (Å²) in [5, 5.41) is 0. The van der Waals surface area contributed by atoms with E-state index in [1.807, 2.05) is 0 Å². The van der Waals surface area contributed by atoms with E-state index in [0.29, 0.717) is 0 Å². The zero-order valence-electron chi connectivity index (χ0n) is 11.2. The second-order valence-electron chi connectivity index (χ2n) is 6.54. The Labute approximate surface area is 101 Å². The summed E-state index contributed by atoms with van der Waals surface area (Å²) in [6, 6.07) is 0. The zero-order valence-corrected chi connectivity index (χ0v) is 11.2. The van der Waals surface area contributed by atoms with Gasteiger partial charge in [-0.1, -0.05) is 33.1 Å². The Morgan fingerprint density at radius 3 is 2.06 bits per heavy atom. The fraction of sp³-hybridized carbons (Fsp3) is 1.00. The molecule has 0 radical (unpaired) electrons. The SMILES string of the molecule is CCC1CCC(N)(C2CCC(C)CC2)CC1. The summed E-state index contributed by atoms with van der Waals surface area (Å²) in [6.45, 7) is 4.73. The highest BCUT2D eigenvalue weighted by Crippen LogP contribution is 2.43. The van der Waals surface area contributed by atoms with E-state index in [1.54, 1.807) is 0 Å². The van der Waals surface area contributed by atoms with Gasteiger partial charge in [0.25, 0.3) is 0 Å². The minimum absolute atomic E-state index is 0.214. The van der Waals surface area contributed by atoms with Crippen LogP contribution in [0.5, 0.6) is 0 Å². The van der Waals surface area contributed by atoms with Crippen LogP contribution in [0.15, 0.2) is 0 Å². The van der Waals surface area contributed by atoms with Gasteiger partial charge in [0.1, 0.15) is 0 Å². The van der Waals surface area contributed by atoms with Crippen LogP contribution in [-0.2, 0) is 0 Å². The Morgan fingerprint density at radius 2 is 1.56 bits per heavy atom. The monoisotopic (exact) mass is 223 g/mol. The Morgan fingerprint density at radius 1 is 1.00 bits per heavy atom. The van der Waals surface area contributed by atoms with Crippen molar-refractivity contribution in [2.75, 3.05) is 0 Å². The first-order chi connectivity index (χ1) is 7.64. The molecule has 2 aliphatic rings. The number of rotatable bonds is 2. The van der Waals surface area contributed by atoms with Crippen molar-refractivity contribution in [2.45, 2.75) is 77.2 Å². The molecule has 94 valence electrons. The predicted molar refractivity (Wildman–Crippen MR) is 70.3 cm³/mol. The molecule has 0 atom stereocenters. The summed E-state index contributed by atoms with van der Waals surface area (Å²) in [5.74, 6) is 2.76. The normalized spacial score (nSPS) is 45.6. The summed E-state index contributed by atoms with van der Waals surface area (Å²) in [5.41, 5.74) is 6.91. The van der Waals surface area contributed by atoms with Gasteiger partial charge in [-0.05, 0) is 56.3 Å². The van der Waals surface area contributed by atoms with Gasteiger partial charge in [0.2, 0.25) is 0 Å². The van der Waals surface area contributed by atoms with Crippen molar-refractivity contribution >= 4 is 0 Å². The van der Waals surface area contributed by atoms with E-state index >= 15 is 0 Å². The van der Waals surface area contributed by atoms with Crippen molar-refractivity contribution in [2.24, 2.45) is 23.5 Å². The van der Waals surface area contributed by atoms with Crippen LogP contribution < -0.4 is 5.73 Å². The van der Waals surface area contributed by atoms with Gasteiger partial charge in [0.05, 0.1) is 0 Å². The molecule has 1 heteroatoms. The van der Waals surface area contributed by atoms with E-state index in [0.717, 1.165) is 17.8 Å². The third-order valence-corrected chi connectivity index (χ3v) is 5.44. The third-order valence-electron chi connectivity index (χ3n) is 5.44. The smallest absolute Gasteiger partial charge is 0.0183 e. The first kappa shape index (κ1) is 12.4. The maximum atomic E-state index is 6.70. The Bertz CT molecular complexity index is 207. The maximum absolute atomic E-state index is 6.70. The van der Waals surface area contributed by atoms with Crippen molar-refractivity contribution in [1.29, 1.82) is 0 Å². The highest BCUT2D eigenvalue weighted by molar-refractivity contribution is 4.96. The largest absolute Gasteiger partial charge is 0.325 e. The van der Waals surface area contributed by atoms with E-state index in [1.165, 1.54) is 57.8 Å². The lowest BCUT2D eigenvalue weighted by atomic mass is 9.64. The molecule has 0 aliphatic heterocycles. The number of hydrogen-bond acceptors (Lipinski definition) is 1. The topological polar surface area (TPSA) is 26.0 Å². The summed E-state index contributed by atoms with van der Waals surface area (Å²) >= 11 is 0. The molecule has 2 saturated carbocycles. The second-order valence-corrected chi connectivity index (χ2v) is 6.54. The minimum Gasteiger partial charge on any atom is -0.325 e. The van der Waals surface area contributed by atoms with Crippen LogP contribution in [0, 0.1) is 17.8 Å². The minimum atomic E-state index is 0.214. The van der Waals surface area contributed by atoms with Crippen LogP contribution in [0.25, 0.3) is 0 Å². The van der Waals surface area contributed by atoms with Crippen LogP contribution in [0.4, 0.5) is 0 Å². The average Bonchev–Trinajstić information content (AvgIpc) is 2.31. The lowest BCUT2D eigenvalue weighted by Crippen LogP contribution is -2.50. The molecule has 2 N–H and O–H groups in total. The van der Waals surface area contributed by atoms with Crippen LogP contribution >= 0.6 is 0 Å². The van der Waals surface area contributed by atoms with Crippen molar-refractivity contribution in [3.05, 3.63) is 0 Å². The van der Waals surface area contributed by atoms with E-state index in [9.17, 15) is 0 Å². The average molecular weight is 223 g/mol. The first-order valence-corrected chi connectivity index (χ1v) is 7.43. The van der Waals surface area contributed by atoms with Gasteiger partial charge < -0.3 is 5.73 Å². The zero-order chi connectivity index (χ0) is 11.6. The first-order valence-electron chi connectivity index (χ1n) is 7.43. The van der Waals surface area contributed by atoms with Crippen molar-refractivity contribution in [1.82, 2.24) is 0 Å². The standard InChI is InChI=1S/C15H29N/c1-3-13-8-10-15(16,11-9-13)14-6-4-12(2)5-7-14/h12-14H,3-11,16H2,1-2H3. The quantitative estimate of drug-likeness (QED) is 0.749. The summed E-state index contributed by atoms with van der Waals surface area (Å²) in [6.07, 6.45) is 12.4. The molecular formula is C15H29N. The van der Waals surface area contributed by atoms with Crippen LogP contribution in [0.3, 0.4) is 0 Å². The fourth-order valence-electron chi connectivity index (χ4n) is 3.87. The molecule has 0 unspecified atom stereocenters. The van der Waals surface area contributed by atoms with Gasteiger partial charge >= 0.3 is 0 Å². The highest BCUT2D eigenvalue weighted by atomic mass is 14.8. The van der Waals surface area contributed by atoms with E-state index in [2.05, 4.69) is 13.8 Å². The molecule has 16 heavy (non-hydrogen) atoms. The number of hydrogen-bond donors (Lipinski definition) is 1. The van der Waals surface area contributed by atoms with Gasteiger partial charge in [0.15, 0.2) is 0 Å². The number of nitrogens with two attached hydrogens (primary N) is 1. The maximum Gasteiger partial charge on any atom is 0.0183 e. The Balaban J connectivity index is 1.88. The van der Waals surface area contributed by atoms with Gasteiger partial charge in [-0.15, -0.1) is 0 Å². The lowest BCUT2D eigenvalue weighted by molar-refractivity contribution is 0.116. The van der Waals surface area contributed by atoms with Gasteiger partial charge in [-0.25, -0.2) is 0 Å². The van der Waals surface area contributed by atoms with Gasteiger partial charge in [-0.2, -0.15) is 0 Å². The van der Waals surface area contributed by atoms with Gasteiger partial charge in [-0.3, -0.25) is 0 Å². The summed E-state index contributed by atoms with van der Waals surface area (Å²) in [7, 11) is 0. The van der Waals surface area contributed by atoms with Crippen LogP contribution in [0.2, 0.25) is 0 Å². The van der Waals surface area contributed by atoms with Crippen molar-refractivity contribution in [3.8, 4) is 0 Å². The molecule has 1 nitrogen and oxygen atoms in total. The summed E-state index contributed by atoms with van der Waals surface area (Å²) < 4.78 is 0. The van der Waals surface area contributed by atoms with Crippen LogP contribution in [-0.4, -0.2) is 5.54 Å². The van der Waals surface area contributed by atoms with E-state index in [4.69, 9.17) is 5.73 Å². The Kier molecular flexibility index (Phi) is 3.94. The third kappa shape index (κ3) is 2.61. The molecule has 2 rings (SSSR count). The van der Waals surface area contributed by atoms with Crippen LogP contribution in [0.1, 0.15) is 71.6 Å². The van der Waals surface area contributed by atoms with Gasteiger partial charge in [0, 0.05) is 5.54 Å². The fourth-order valence-corrected chi connectivity index (χ4v) is 3.87. The van der Waals surface area contributed by atoms with E-state index < -0.39 is 0 Å².